The molecule has 31 heavy (non-hydrogen) atoms. The molecule has 0 aliphatic rings. The van der Waals surface area contributed by atoms with Gasteiger partial charge in [0.1, 0.15) is 0 Å². The smallest absolute Gasteiger partial charge is 0.338 e. The average Bonchev–Trinajstić information content (AvgIpc) is 2.83. The number of carbonyl (C=O) groups excluding carboxylic acids is 1. The molecule has 4 aromatic rings. The second kappa shape index (κ2) is 9.57. The standard InChI is InChI=1S/C28H27NO2/c1-3-4-9-22-19-29-27-13-8-7-11-24(27)26(22)18-20-14-16-21(17-15-20)23-10-5-6-12-25(23)28(30)31-2/h5-8,10-17,19H,3-4,9,18H2,1-2H3. The third-order valence-corrected chi connectivity index (χ3v) is 5.75. The van der Waals surface area contributed by atoms with Crippen molar-refractivity contribution in [1.29, 1.82) is 0 Å². The summed E-state index contributed by atoms with van der Waals surface area (Å²) >= 11 is 0. The second-order valence-corrected chi connectivity index (χ2v) is 7.79. The number of pyridine rings is 1. The van der Waals surface area contributed by atoms with E-state index < -0.39 is 0 Å². The van der Waals surface area contributed by atoms with E-state index in [-0.39, 0.29) is 5.97 Å². The molecular formula is C28H27NO2. The van der Waals surface area contributed by atoms with Crippen LogP contribution in [-0.4, -0.2) is 18.1 Å². The van der Waals surface area contributed by atoms with E-state index in [4.69, 9.17) is 4.74 Å². The number of ether oxygens (including phenoxy) is 1. The van der Waals surface area contributed by atoms with Crippen LogP contribution in [0.1, 0.15) is 46.8 Å². The molecular weight excluding hydrogens is 382 g/mol. The number of nitrogens with zero attached hydrogens (tertiary/aromatic N) is 1. The molecule has 0 unspecified atom stereocenters. The summed E-state index contributed by atoms with van der Waals surface area (Å²) in [6.45, 7) is 2.22. The quantitative estimate of drug-likeness (QED) is 0.322. The van der Waals surface area contributed by atoms with Gasteiger partial charge in [-0.25, -0.2) is 4.79 Å². The van der Waals surface area contributed by atoms with Crippen molar-refractivity contribution in [3.8, 4) is 11.1 Å². The minimum absolute atomic E-state index is 0.316. The topological polar surface area (TPSA) is 39.2 Å². The third kappa shape index (κ3) is 4.51. The van der Waals surface area contributed by atoms with Crippen LogP contribution in [0, 0.1) is 0 Å². The predicted octanol–water partition coefficient (Wildman–Crippen LogP) is 6.62. The fourth-order valence-electron chi connectivity index (χ4n) is 4.06. The molecule has 156 valence electrons. The van der Waals surface area contributed by atoms with Crippen LogP contribution in [0.3, 0.4) is 0 Å². The Hall–Kier alpha value is -3.46. The Morgan fingerprint density at radius 1 is 0.935 bits per heavy atom. The SMILES string of the molecule is CCCCc1cnc2ccccc2c1Cc1ccc(-c2ccccc2C(=O)OC)cc1. The summed E-state index contributed by atoms with van der Waals surface area (Å²) in [5.41, 5.74) is 7.46. The van der Waals surface area contributed by atoms with E-state index in [0.717, 1.165) is 35.9 Å². The molecule has 0 saturated heterocycles. The van der Waals surface area contributed by atoms with Gasteiger partial charge in [-0.2, -0.15) is 0 Å². The molecule has 0 N–H and O–H groups in total. The van der Waals surface area contributed by atoms with Crippen molar-refractivity contribution in [3.63, 3.8) is 0 Å². The van der Waals surface area contributed by atoms with Gasteiger partial charge < -0.3 is 4.74 Å². The average molecular weight is 410 g/mol. The van der Waals surface area contributed by atoms with Crippen LogP contribution in [0.25, 0.3) is 22.0 Å². The monoisotopic (exact) mass is 409 g/mol. The molecule has 0 radical (unpaired) electrons. The zero-order valence-corrected chi connectivity index (χ0v) is 18.1. The van der Waals surface area contributed by atoms with E-state index in [9.17, 15) is 4.79 Å². The van der Waals surface area contributed by atoms with Gasteiger partial charge in [0, 0.05) is 11.6 Å². The number of esters is 1. The molecule has 1 aromatic heterocycles. The first-order valence-corrected chi connectivity index (χ1v) is 10.8. The first-order chi connectivity index (χ1) is 15.2. The highest BCUT2D eigenvalue weighted by Gasteiger charge is 2.13. The van der Waals surface area contributed by atoms with Gasteiger partial charge in [-0.05, 0) is 59.2 Å². The number of unbranched alkanes of at least 4 members (excludes halogenated alkanes) is 1. The molecule has 0 amide bonds. The highest BCUT2D eigenvalue weighted by Crippen LogP contribution is 2.28. The minimum Gasteiger partial charge on any atom is -0.465 e. The molecule has 1 heterocycles. The molecule has 0 bridgehead atoms. The fraction of sp³-hybridized carbons (Fsp3) is 0.214. The van der Waals surface area contributed by atoms with Crippen molar-refractivity contribution in [1.82, 2.24) is 4.98 Å². The van der Waals surface area contributed by atoms with E-state index >= 15 is 0 Å². The molecule has 0 atom stereocenters. The maximum atomic E-state index is 12.1. The molecule has 0 fully saturated rings. The van der Waals surface area contributed by atoms with Crippen molar-refractivity contribution in [2.24, 2.45) is 0 Å². The number of para-hydroxylation sites is 1. The number of fused-ring (bicyclic) bond motifs is 1. The molecule has 0 aliphatic heterocycles. The lowest BCUT2D eigenvalue weighted by atomic mass is 9.93. The number of carbonyl (C=O) groups is 1. The molecule has 0 spiro atoms. The van der Waals surface area contributed by atoms with Crippen LogP contribution in [-0.2, 0) is 17.6 Å². The number of aromatic nitrogens is 1. The Morgan fingerprint density at radius 3 is 2.45 bits per heavy atom. The second-order valence-electron chi connectivity index (χ2n) is 7.79. The fourth-order valence-corrected chi connectivity index (χ4v) is 4.06. The number of benzene rings is 3. The summed E-state index contributed by atoms with van der Waals surface area (Å²) in [6, 6.07) is 24.4. The molecule has 4 rings (SSSR count). The highest BCUT2D eigenvalue weighted by molar-refractivity contribution is 5.97. The lowest BCUT2D eigenvalue weighted by Gasteiger charge is -2.14. The highest BCUT2D eigenvalue weighted by atomic mass is 16.5. The van der Waals surface area contributed by atoms with Crippen LogP contribution in [0.5, 0.6) is 0 Å². The molecule has 3 heteroatoms. The van der Waals surface area contributed by atoms with Crippen molar-refractivity contribution in [2.75, 3.05) is 7.11 Å². The van der Waals surface area contributed by atoms with Crippen LogP contribution in [0.4, 0.5) is 0 Å². The Bertz CT molecular complexity index is 1200. The van der Waals surface area contributed by atoms with Crippen LogP contribution in [0.2, 0.25) is 0 Å². The summed E-state index contributed by atoms with van der Waals surface area (Å²) in [4.78, 5) is 16.8. The summed E-state index contributed by atoms with van der Waals surface area (Å²) in [5, 5.41) is 1.23. The van der Waals surface area contributed by atoms with Crippen molar-refractivity contribution in [3.05, 3.63) is 101 Å². The van der Waals surface area contributed by atoms with E-state index in [1.54, 1.807) is 6.07 Å². The van der Waals surface area contributed by atoms with E-state index in [1.807, 2.05) is 30.5 Å². The minimum atomic E-state index is -0.316. The van der Waals surface area contributed by atoms with Crippen molar-refractivity contribution in [2.45, 2.75) is 32.6 Å². The normalized spacial score (nSPS) is 10.9. The maximum Gasteiger partial charge on any atom is 0.338 e. The summed E-state index contributed by atoms with van der Waals surface area (Å²) < 4.78 is 4.94. The predicted molar refractivity (Wildman–Crippen MR) is 126 cm³/mol. The van der Waals surface area contributed by atoms with Crippen molar-refractivity contribution >= 4 is 16.9 Å². The molecule has 3 aromatic carbocycles. The summed E-state index contributed by atoms with van der Waals surface area (Å²) in [6.07, 6.45) is 6.29. The Morgan fingerprint density at radius 2 is 1.68 bits per heavy atom. The van der Waals surface area contributed by atoms with Gasteiger partial charge in [0.25, 0.3) is 0 Å². The first kappa shape index (κ1) is 20.8. The third-order valence-electron chi connectivity index (χ3n) is 5.75. The van der Waals surface area contributed by atoms with Gasteiger partial charge in [-0.15, -0.1) is 0 Å². The van der Waals surface area contributed by atoms with Gasteiger partial charge in [0.05, 0.1) is 18.2 Å². The van der Waals surface area contributed by atoms with Crippen LogP contribution in [0.15, 0.2) is 79.0 Å². The number of hydrogen-bond donors (Lipinski definition) is 0. The Kier molecular flexibility index (Phi) is 6.42. The number of hydrogen-bond acceptors (Lipinski definition) is 3. The van der Waals surface area contributed by atoms with Crippen LogP contribution >= 0.6 is 0 Å². The molecule has 0 saturated carbocycles. The number of methoxy groups -OCH3 is 1. The van der Waals surface area contributed by atoms with Gasteiger partial charge in [-0.1, -0.05) is 74.0 Å². The number of aryl methyl sites for hydroxylation is 1. The van der Waals surface area contributed by atoms with Gasteiger partial charge in [0.15, 0.2) is 0 Å². The van der Waals surface area contributed by atoms with Gasteiger partial charge >= 0.3 is 5.97 Å². The van der Waals surface area contributed by atoms with Gasteiger partial charge in [-0.3, -0.25) is 4.98 Å². The first-order valence-electron chi connectivity index (χ1n) is 10.8. The summed E-state index contributed by atoms with van der Waals surface area (Å²) in [5.74, 6) is -0.316. The largest absolute Gasteiger partial charge is 0.465 e. The molecule has 3 nitrogen and oxygen atoms in total. The van der Waals surface area contributed by atoms with Crippen LogP contribution < -0.4 is 0 Å². The Balaban J connectivity index is 1.68. The van der Waals surface area contributed by atoms with E-state index in [0.29, 0.717) is 5.56 Å². The summed E-state index contributed by atoms with van der Waals surface area (Å²) in [7, 11) is 1.41. The lowest BCUT2D eigenvalue weighted by molar-refractivity contribution is 0.0601. The zero-order valence-electron chi connectivity index (χ0n) is 18.1. The molecule has 0 aliphatic carbocycles. The van der Waals surface area contributed by atoms with Gasteiger partial charge in [0.2, 0.25) is 0 Å². The Labute approximate surface area is 183 Å². The zero-order chi connectivity index (χ0) is 21.6. The van der Waals surface area contributed by atoms with E-state index in [2.05, 4.69) is 54.4 Å². The lowest BCUT2D eigenvalue weighted by Crippen LogP contribution is -2.03. The number of rotatable bonds is 7. The van der Waals surface area contributed by atoms with Crippen molar-refractivity contribution < 1.29 is 9.53 Å². The van der Waals surface area contributed by atoms with E-state index in [1.165, 1.54) is 35.6 Å². The maximum absolute atomic E-state index is 12.1.